The summed E-state index contributed by atoms with van der Waals surface area (Å²) in [6, 6.07) is 5.78. The van der Waals surface area contributed by atoms with Crippen LogP contribution in [0.4, 0.5) is 10.1 Å². The number of benzene rings is 1. The summed E-state index contributed by atoms with van der Waals surface area (Å²) in [5.41, 5.74) is 0.0886. The first kappa shape index (κ1) is 13.0. The largest absolute Gasteiger partial charge is 0.396 e. The summed E-state index contributed by atoms with van der Waals surface area (Å²) in [6.07, 6.45) is 0.456. The Bertz CT molecular complexity index is 434. The van der Waals surface area contributed by atoms with Gasteiger partial charge in [0.25, 0.3) is 5.91 Å². The van der Waals surface area contributed by atoms with Gasteiger partial charge in [0.2, 0.25) is 0 Å². The van der Waals surface area contributed by atoms with Gasteiger partial charge in [-0.3, -0.25) is 4.79 Å². The Labute approximate surface area is 105 Å². The minimum atomic E-state index is -0.558. The highest BCUT2D eigenvalue weighted by Gasteiger charge is 2.36. The minimum absolute atomic E-state index is 0.00193. The Balaban J connectivity index is 2.20. The van der Waals surface area contributed by atoms with E-state index >= 15 is 0 Å². The molecule has 1 aromatic carbocycles. The van der Waals surface area contributed by atoms with Gasteiger partial charge >= 0.3 is 0 Å². The summed E-state index contributed by atoms with van der Waals surface area (Å²) in [6.45, 7) is 2.19. The van der Waals surface area contributed by atoms with E-state index in [-0.39, 0.29) is 24.9 Å². The summed E-state index contributed by atoms with van der Waals surface area (Å²) in [4.78, 5) is 13.4. The molecular formula is C13H16FNO3. The van der Waals surface area contributed by atoms with Crippen LogP contribution in [0.15, 0.2) is 24.3 Å². The second-order valence-electron chi connectivity index (χ2n) is 4.67. The fourth-order valence-corrected chi connectivity index (χ4v) is 2.03. The highest BCUT2D eigenvalue weighted by atomic mass is 19.1. The second-order valence-corrected chi connectivity index (χ2v) is 4.67. The van der Waals surface area contributed by atoms with Crippen LogP contribution in [0.25, 0.3) is 0 Å². The summed E-state index contributed by atoms with van der Waals surface area (Å²) in [5, 5.41) is 9.01. The van der Waals surface area contributed by atoms with Crippen LogP contribution in [-0.2, 0) is 9.53 Å². The summed E-state index contributed by atoms with van der Waals surface area (Å²) >= 11 is 0. The first-order valence-corrected chi connectivity index (χ1v) is 5.85. The normalized spacial score (nSPS) is 24.4. The Hall–Kier alpha value is -1.46. The van der Waals surface area contributed by atoms with Gasteiger partial charge in [-0.2, -0.15) is 0 Å². The Morgan fingerprint density at radius 1 is 1.44 bits per heavy atom. The lowest BCUT2D eigenvalue weighted by Gasteiger charge is -2.40. The van der Waals surface area contributed by atoms with Crippen molar-refractivity contribution in [2.75, 3.05) is 24.7 Å². The monoisotopic (exact) mass is 253 g/mol. The molecule has 1 amide bonds. The number of hydrogen-bond acceptors (Lipinski definition) is 3. The van der Waals surface area contributed by atoms with Crippen LogP contribution in [0.5, 0.6) is 0 Å². The molecular weight excluding hydrogens is 237 g/mol. The molecule has 0 bridgehead atoms. The van der Waals surface area contributed by atoms with Crippen LogP contribution in [0.1, 0.15) is 13.3 Å². The molecule has 1 heterocycles. The van der Waals surface area contributed by atoms with Crippen LogP contribution in [-0.4, -0.2) is 36.4 Å². The zero-order valence-electron chi connectivity index (χ0n) is 10.2. The van der Waals surface area contributed by atoms with Gasteiger partial charge in [0, 0.05) is 18.7 Å². The number of nitrogens with zero attached hydrogens (tertiary/aromatic N) is 1. The molecule has 0 aromatic heterocycles. The van der Waals surface area contributed by atoms with Gasteiger partial charge in [0.15, 0.2) is 0 Å². The van der Waals surface area contributed by atoms with Gasteiger partial charge in [0.05, 0.1) is 12.1 Å². The van der Waals surface area contributed by atoms with Gasteiger partial charge in [-0.25, -0.2) is 4.39 Å². The smallest absolute Gasteiger partial charge is 0.253 e. The van der Waals surface area contributed by atoms with Crippen LogP contribution < -0.4 is 4.90 Å². The van der Waals surface area contributed by atoms with Crippen LogP contribution in [0.3, 0.4) is 0 Å². The van der Waals surface area contributed by atoms with E-state index in [2.05, 4.69) is 0 Å². The van der Waals surface area contributed by atoms with Crippen molar-refractivity contribution in [3.05, 3.63) is 30.1 Å². The number of hydrogen-bond donors (Lipinski definition) is 1. The molecule has 5 heteroatoms. The van der Waals surface area contributed by atoms with Gasteiger partial charge in [-0.05, 0) is 31.2 Å². The lowest BCUT2D eigenvalue weighted by Crippen LogP contribution is -2.53. The molecule has 0 spiro atoms. The zero-order chi connectivity index (χ0) is 13.2. The molecule has 1 aromatic rings. The number of carbonyl (C=O) groups is 1. The molecule has 1 unspecified atom stereocenters. The number of carbonyl (C=O) groups excluding carboxylic acids is 1. The molecule has 0 saturated carbocycles. The van der Waals surface area contributed by atoms with Crippen molar-refractivity contribution >= 4 is 11.6 Å². The van der Waals surface area contributed by atoms with E-state index in [9.17, 15) is 9.18 Å². The number of amides is 1. The SMILES string of the molecule is CC1(CCO)CN(c2ccc(F)cc2)C(=O)CO1. The highest BCUT2D eigenvalue weighted by molar-refractivity contribution is 5.95. The van der Waals surface area contributed by atoms with Crippen molar-refractivity contribution in [1.29, 1.82) is 0 Å². The first-order valence-electron chi connectivity index (χ1n) is 5.85. The maximum atomic E-state index is 12.9. The third kappa shape index (κ3) is 2.68. The number of anilines is 1. The number of aliphatic hydroxyl groups is 1. The van der Waals surface area contributed by atoms with Crippen molar-refractivity contribution in [2.24, 2.45) is 0 Å². The van der Waals surface area contributed by atoms with Crippen LogP contribution >= 0.6 is 0 Å². The molecule has 1 aliphatic heterocycles. The van der Waals surface area contributed by atoms with Crippen LogP contribution in [0.2, 0.25) is 0 Å². The van der Waals surface area contributed by atoms with E-state index in [1.54, 1.807) is 17.0 Å². The molecule has 1 atom stereocenters. The van der Waals surface area contributed by atoms with Gasteiger partial charge in [0.1, 0.15) is 12.4 Å². The van der Waals surface area contributed by atoms with Gasteiger partial charge < -0.3 is 14.7 Å². The fraction of sp³-hybridized carbons (Fsp3) is 0.462. The number of aliphatic hydroxyl groups excluding tert-OH is 1. The lowest BCUT2D eigenvalue weighted by molar-refractivity contribution is -0.138. The van der Waals surface area contributed by atoms with E-state index in [0.717, 1.165) is 0 Å². The number of rotatable bonds is 3. The molecule has 98 valence electrons. The molecule has 1 aliphatic rings. The molecule has 1 saturated heterocycles. The molecule has 18 heavy (non-hydrogen) atoms. The van der Waals surface area contributed by atoms with E-state index in [0.29, 0.717) is 18.7 Å². The molecule has 1 N–H and O–H groups in total. The topological polar surface area (TPSA) is 49.8 Å². The molecule has 4 nitrogen and oxygen atoms in total. The number of halogens is 1. The van der Waals surface area contributed by atoms with E-state index in [1.165, 1.54) is 12.1 Å². The first-order chi connectivity index (χ1) is 8.54. The summed E-state index contributed by atoms with van der Waals surface area (Å²) in [5.74, 6) is -0.491. The molecule has 1 fully saturated rings. The lowest BCUT2D eigenvalue weighted by atomic mass is 9.99. The highest BCUT2D eigenvalue weighted by Crippen LogP contribution is 2.26. The second kappa shape index (κ2) is 5.04. The van der Waals surface area contributed by atoms with Crippen molar-refractivity contribution in [2.45, 2.75) is 18.9 Å². The van der Waals surface area contributed by atoms with Gasteiger partial charge in [-0.1, -0.05) is 0 Å². The van der Waals surface area contributed by atoms with E-state index < -0.39 is 5.60 Å². The molecule has 2 rings (SSSR count). The maximum Gasteiger partial charge on any atom is 0.253 e. The third-order valence-electron chi connectivity index (χ3n) is 3.12. The van der Waals surface area contributed by atoms with Crippen molar-refractivity contribution in [3.8, 4) is 0 Å². The average molecular weight is 253 g/mol. The minimum Gasteiger partial charge on any atom is -0.396 e. The Kier molecular flexibility index (Phi) is 3.63. The number of morpholine rings is 1. The van der Waals surface area contributed by atoms with Crippen molar-refractivity contribution < 1.29 is 19.0 Å². The Morgan fingerprint density at radius 2 is 2.11 bits per heavy atom. The van der Waals surface area contributed by atoms with Crippen molar-refractivity contribution in [3.63, 3.8) is 0 Å². The fourth-order valence-electron chi connectivity index (χ4n) is 2.03. The van der Waals surface area contributed by atoms with E-state index in [1.807, 2.05) is 6.92 Å². The Morgan fingerprint density at radius 3 is 2.72 bits per heavy atom. The van der Waals surface area contributed by atoms with E-state index in [4.69, 9.17) is 9.84 Å². The summed E-state index contributed by atoms with van der Waals surface area (Å²) < 4.78 is 18.3. The van der Waals surface area contributed by atoms with Crippen molar-refractivity contribution in [1.82, 2.24) is 0 Å². The predicted octanol–water partition coefficient (Wildman–Crippen LogP) is 1.33. The standard InChI is InChI=1S/C13H16FNO3/c1-13(6-7-16)9-15(12(17)8-18-13)11-4-2-10(14)3-5-11/h2-5,16H,6-9H2,1H3. The number of ether oxygens (including phenoxy) is 1. The molecule has 0 aliphatic carbocycles. The third-order valence-corrected chi connectivity index (χ3v) is 3.12. The summed E-state index contributed by atoms with van der Waals surface area (Å²) in [7, 11) is 0. The zero-order valence-corrected chi connectivity index (χ0v) is 10.2. The predicted molar refractivity (Wildman–Crippen MR) is 64.8 cm³/mol. The van der Waals surface area contributed by atoms with Crippen LogP contribution in [0, 0.1) is 5.82 Å². The average Bonchev–Trinajstić information content (AvgIpc) is 2.34. The molecule has 0 radical (unpaired) electrons. The van der Waals surface area contributed by atoms with Gasteiger partial charge in [-0.15, -0.1) is 0 Å². The quantitative estimate of drug-likeness (QED) is 0.884. The maximum absolute atomic E-state index is 12.9.